The molecule has 120 valence electrons. The summed E-state index contributed by atoms with van der Waals surface area (Å²) in [5.41, 5.74) is 1.28. The normalized spacial score (nSPS) is 15.4. The second-order valence-corrected chi connectivity index (χ2v) is 6.33. The highest BCUT2D eigenvalue weighted by Crippen LogP contribution is 2.14. The van der Waals surface area contributed by atoms with Gasteiger partial charge < -0.3 is 4.90 Å². The van der Waals surface area contributed by atoms with Crippen molar-refractivity contribution in [2.45, 2.75) is 6.54 Å². The molecular formula is C16H18BrN5O. The van der Waals surface area contributed by atoms with Gasteiger partial charge in [-0.3, -0.25) is 15.2 Å². The number of nitrogens with zero attached hydrogens (tertiary/aromatic N) is 4. The molecule has 0 spiro atoms. The van der Waals surface area contributed by atoms with E-state index in [9.17, 15) is 4.79 Å². The van der Waals surface area contributed by atoms with Crippen molar-refractivity contribution in [3.05, 3.63) is 52.9 Å². The number of hydrogen-bond acceptors (Lipinski definition) is 4. The first-order valence-electron chi connectivity index (χ1n) is 7.49. The van der Waals surface area contributed by atoms with Crippen LogP contribution in [0.5, 0.6) is 0 Å². The largest absolute Gasteiger partial charge is 0.323 e. The van der Waals surface area contributed by atoms with E-state index in [1.54, 1.807) is 18.6 Å². The molecule has 0 unspecified atom stereocenters. The van der Waals surface area contributed by atoms with E-state index in [1.807, 2.05) is 4.90 Å². The number of hydrogen-bond donors (Lipinski definition) is 1. The second-order valence-electron chi connectivity index (χ2n) is 5.41. The van der Waals surface area contributed by atoms with Crippen LogP contribution in [-0.2, 0) is 6.54 Å². The van der Waals surface area contributed by atoms with Crippen molar-refractivity contribution in [2.24, 2.45) is 0 Å². The van der Waals surface area contributed by atoms with Gasteiger partial charge in [0.2, 0.25) is 0 Å². The zero-order chi connectivity index (χ0) is 16.1. The first-order valence-corrected chi connectivity index (χ1v) is 8.29. The Bertz CT molecular complexity index is 641. The number of halogens is 1. The highest BCUT2D eigenvalue weighted by molar-refractivity contribution is 9.10. The van der Waals surface area contributed by atoms with Crippen LogP contribution in [-0.4, -0.2) is 52.0 Å². The zero-order valence-electron chi connectivity index (χ0n) is 12.7. The Hall–Kier alpha value is -1.99. The highest BCUT2D eigenvalue weighted by Gasteiger charge is 2.21. The quantitative estimate of drug-likeness (QED) is 0.895. The number of nitrogens with one attached hydrogen (secondary N) is 1. The molecule has 1 N–H and O–H groups in total. The number of aromatic nitrogens is 2. The molecule has 1 aliphatic rings. The molecule has 0 bridgehead atoms. The van der Waals surface area contributed by atoms with E-state index in [4.69, 9.17) is 0 Å². The molecule has 0 atom stereocenters. The molecule has 3 rings (SSSR count). The molecule has 2 aromatic rings. The zero-order valence-corrected chi connectivity index (χ0v) is 14.2. The lowest BCUT2D eigenvalue weighted by Crippen LogP contribution is -2.49. The molecule has 0 saturated carbocycles. The van der Waals surface area contributed by atoms with Crippen LogP contribution in [0.15, 0.2) is 47.3 Å². The number of amides is 2. The Morgan fingerprint density at radius 1 is 1.13 bits per heavy atom. The summed E-state index contributed by atoms with van der Waals surface area (Å²) in [6.45, 7) is 4.06. The van der Waals surface area contributed by atoms with Gasteiger partial charge in [-0.1, -0.05) is 28.1 Å². The summed E-state index contributed by atoms with van der Waals surface area (Å²) < 4.78 is 1.09. The van der Waals surface area contributed by atoms with Gasteiger partial charge in [0.05, 0.1) is 6.20 Å². The van der Waals surface area contributed by atoms with E-state index in [1.165, 1.54) is 5.56 Å². The average molecular weight is 376 g/mol. The number of carbonyl (C=O) groups excluding carboxylic acids is 1. The van der Waals surface area contributed by atoms with Crippen LogP contribution < -0.4 is 5.32 Å². The molecule has 0 radical (unpaired) electrons. The molecule has 23 heavy (non-hydrogen) atoms. The molecule has 7 heteroatoms. The molecular weight excluding hydrogens is 358 g/mol. The number of urea groups is 1. The monoisotopic (exact) mass is 375 g/mol. The van der Waals surface area contributed by atoms with Crippen LogP contribution in [0.25, 0.3) is 0 Å². The minimum absolute atomic E-state index is 0.117. The van der Waals surface area contributed by atoms with Gasteiger partial charge in [0.25, 0.3) is 0 Å². The summed E-state index contributed by atoms with van der Waals surface area (Å²) in [6, 6.07) is 8.24. The topological polar surface area (TPSA) is 61.4 Å². The standard InChI is InChI=1S/C16H18BrN5O/c17-14-3-1-13(2-4-14)12-21-7-9-22(10-8-21)16(23)20-15-11-18-5-6-19-15/h1-6,11H,7-10,12H2,(H,19,20,23). The van der Waals surface area contributed by atoms with Crippen LogP contribution in [0.1, 0.15) is 5.56 Å². The van der Waals surface area contributed by atoms with Crippen molar-refractivity contribution in [3.8, 4) is 0 Å². The fourth-order valence-electron chi connectivity index (χ4n) is 2.51. The van der Waals surface area contributed by atoms with Gasteiger partial charge in [0.1, 0.15) is 0 Å². The summed E-state index contributed by atoms with van der Waals surface area (Å²) in [5, 5.41) is 2.77. The third-order valence-corrected chi connectivity index (χ3v) is 4.31. The van der Waals surface area contributed by atoms with Crippen molar-refractivity contribution >= 4 is 27.8 Å². The minimum Gasteiger partial charge on any atom is -0.322 e. The predicted molar refractivity (Wildman–Crippen MR) is 92.0 cm³/mol. The summed E-state index contributed by atoms with van der Waals surface area (Å²) >= 11 is 3.45. The van der Waals surface area contributed by atoms with Crippen molar-refractivity contribution < 1.29 is 4.79 Å². The summed E-state index contributed by atoms with van der Waals surface area (Å²) in [6.07, 6.45) is 4.68. The van der Waals surface area contributed by atoms with Crippen LogP contribution >= 0.6 is 15.9 Å². The Morgan fingerprint density at radius 2 is 1.87 bits per heavy atom. The maximum absolute atomic E-state index is 12.2. The summed E-state index contributed by atoms with van der Waals surface area (Å²) in [4.78, 5) is 24.4. The molecule has 1 aromatic heterocycles. The fraction of sp³-hybridized carbons (Fsp3) is 0.312. The maximum atomic E-state index is 12.2. The van der Waals surface area contributed by atoms with E-state index in [2.05, 4.69) is 60.4 Å². The second kappa shape index (κ2) is 7.52. The summed E-state index contributed by atoms with van der Waals surface area (Å²) in [7, 11) is 0. The lowest BCUT2D eigenvalue weighted by atomic mass is 10.2. The first-order chi connectivity index (χ1) is 11.2. The molecule has 1 aliphatic heterocycles. The molecule has 6 nitrogen and oxygen atoms in total. The van der Waals surface area contributed by atoms with Gasteiger partial charge >= 0.3 is 6.03 Å². The average Bonchev–Trinajstić information content (AvgIpc) is 2.58. The smallest absolute Gasteiger partial charge is 0.322 e. The van der Waals surface area contributed by atoms with Crippen molar-refractivity contribution in [1.82, 2.24) is 19.8 Å². The van der Waals surface area contributed by atoms with Gasteiger partial charge in [-0.25, -0.2) is 9.78 Å². The maximum Gasteiger partial charge on any atom is 0.323 e. The minimum atomic E-state index is -0.117. The molecule has 1 saturated heterocycles. The van der Waals surface area contributed by atoms with Gasteiger partial charge in [-0.05, 0) is 17.7 Å². The van der Waals surface area contributed by atoms with E-state index >= 15 is 0 Å². The Morgan fingerprint density at radius 3 is 2.52 bits per heavy atom. The third-order valence-electron chi connectivity index (χ3n) is 3.78. The number of benzene rings is 1. The fourth-order valence-corrected chi connectivity index (χ4v) is 2.77. The Labute approximate surface area is 143 Å². The van der Waals surface area contributed by atoms with Gasteiger partial charge in [0, 0.05) is 49.6 Å². The molecule has 2 heterocycles. The number of carbonyl (C=O) groups is 1. The van der Waals surface area contributed by atoms with Crippen molar-refractivity contribution in [1.29, 1.82) is 0 Å². The lowest BCUT2D eigenvalue weighted by Gasteiger charge is -2.34. The van der Waals surface area contributed by atoms with Gasteiger partial charge in [0.15, 0.2) is 5.82 Å². The van der Waals surface area contributed by atoms with Gasteiger partial charge in [-0.2, -0.15) is 0 Å². The van der Waals surface area contributed by atoms with E-state index in [-0.39, 0.29) is 6.03 Å². The number of anilines is 1. The predicted octanol–water partition coefficient (Wildman–Crippen LogP) is 2.59. The van der Waals surface area contributed by atoms with Crippen LogP contribution in [0, 0.1) is 0 Å². The number of piperazine rings is 1. The van der Waals surface area contributed by atoms with Crippen LogP contribution in [0.3, 0.4) is 0 Å². The van der Waals surface area contributed by atoms with Crippen molar-refractivity contribution in [2.75, 3.05) is 31.5 Å². The van der Waals surface area contributed by atoms with Gasteiger partial charge in [-0.15, -0.1) is 0 Å². The van der Waals surface area contributed by atoms with E-state index in [0.29, 0.717) is 18.9 Å². The first kappa shape index (κ1) is 15.9. The molecule has 2 amide bonds. The Balaban J connectivity index is 1.48. The van der Waals surface area contributed by atoms with Crippen LogP contribution in [0.2, 0.25) is 0 Å². The summed E-state index contributed by atoms with van der Waals surface area (Å²) in [5.74, 6) is 0.481. The molecule has 1 fully saturated rings. The third kappa shape index (κ3) is 4.49. The van der Waals surface area contributed by atoms with E-state index in [0.717, 1.165) is 24.1 Å². The molecule has 0 aliphatic carbocycles. The SMILES string of the molecule is O=C(Nc1cnccn1)N1CCN(Cc2ccc(Br)cc2)CC1. The van der Waals surface area contributed by atoms with Crippen LogP contribution in [0.4, 0.5) is 10.6 Å². The van der Waals surface area contributed by atoms with E-state index < -0.39 is 0 Å². The Kier molecular flexibility index (Phi) is 5.19. The van der Waals surface area contributed by atoms with Crippen molar-refractivity contribution in [3.63, 3.8) is 0 Å². The number of rotatable bonds is 3. The highest BCUT2D eigenvalue weighted by atomic mass is 79.9. The lowest BCUT2D eigenvalue weighted by molar-refractivity contribution is 0.143. The molecule has 1 aromatic carbocycles.